The highest BCUT2D eigenvalue weighted by Gasteiger charge is 2.23. The predicted octanol–water partition coefficient (Wildman–Crippen LogP) is 3.24. The summed E-state index contributed by atoms with van der Waals surface area (Å²) in [6.07, 6.45) is -0.0450. The molecule has 3 rings (SSSR count). The van der Waals surface area contributed by atoms with Crippen molar-refractivity contribution in [1.29, 1.82) is 0 Å². The summed E-state index contributed by atoms with van der Waals surface area (Å²) in [5.41, 5.74) is 2.38. The van der Waals surface area contributed by atoms with Crippen molar-refractivity contribution < 1.29 is 14.2 Å². The van der Waals surface area contributed by atoms with E-state index in [-0.39, 0.29) is 36.1 Å². The first-order valence-corrected chi connectivity index (χ1v) is 10.7. The Labute approximate surface area is 208 Å². The number of benzene rings is 2. The Morgan fingerprint density at radius 1 is 0.969 bits per heavy atom. The van der Waals surface area contributed by atoms with Gasteiger partial charge in [-0.05, 0) is 23.3 Å². The van der Waals surface area contributed by atoms with Gasteiger partial charge in [-0.15, -0.1) is 24.0 Å². The number of rotatable bonds is 9. The van der Waals surface area contributed by atoms with Gasteiger partial charge < -0.3 is 24.8 Å². The zero-order valence-corrected chi connectivity index (χ0v) is 21.5. The largest absolute Gasteiger partial charge is 0.497 e. The van der Waals surface area contributed by atoms with Gasteiger partial charge in [-0.2, -0.15) is 0 Å². The minimum atomic E-state index is -0.0450. The number of ether oxygens (including phenoxy) is 3. The Morgan fingerprint density at radius 2 is 1.62 bits per heavy atom. The molecule has 2 unspecified atom stereocenters. The molecule has 0 bridgehead atoms. The van der Waals surface area contributed by atoms with E-state index in [0.717, 1.165) is 50.1 Å². The van der Waals surface area contributed by atoms with Crippen LogP contribution in [0.5, 0.6) is 5.75 Å². The number of morpholine rings is 1. The van der Waals surface area contributed by atoms with Crippen molar-refractivity contribution in [1.82, 2.24) is 15.5 Å². The molecule has 1 aliphatic rings. The molecule has 32 heavy (non-hydrogen) atoms. The Morgan fingerprint density at radius 3 is 2.22 bits per heavy atom. The second-order valence-corrected chi connectivity index (χ2v) is 7.41. The van der Waals surface area contributed by atoms with Crippen LogP contribution in [-0.2, 0) is 9.47 Å². The van der Waals surface area contributed by atoms with E-state index in [1.807, 2.05) is 30.3 Å². The van der Waals surface area contributed by atoms with Crippen molar-refractivity contribution in [2.75, 3.05) is 60.7 Å². The van der Waals surface area contributed by atoms with E-state index in [1.165, 1.54) is 5.56 Å². The number of hydrogen-bond donors (Lipinski definition) is 2. The van der Waals surface area contributed by atoms with Crippen molar-refractivity contribution in [3.05, 3.63) is 65.7 Å². The number of hydrogen-bond acceptors (Lipinski definition) is 5. The smallest absolute Gasteiger partial charge is 0.191 e. The fraction of sp³-hybridized carbons (Fsp3) is 0.458. The van der Waals surface area contributed by atoms with Gasteiger partial charge in [0.1, 0.15) is 5.75 Å². The molecule has 0 saturated carbocycles. The number of nitrogens with one attached hydrogen (secondary N) is 2. The highest BCUT2D eigenvalue weighted by molar-refractivity contribution is 14.0. The van der Waals surface area contributed by atoms with E-state index in [2.05, 4.69) is 44.8 Å². The average Bonchev–Trinajstić information content (AvgIpc) is 2.85. The summed E-state index contributed by atoms with van der Waals surface area (Å²) in [5, 5.41) is 6.89. The minimum Gasteiger partial charge on any atom is -0.497 e. The van der Waals surface area contributed by atoms with Crippen LogP contribution in [0.2, 0.25) is 0 Å². The molecule has 2 aromatic carbocycles. The molecule has 0 aromatic heterocycles. The Hall–Kier alpha value is -1.88. The highest BCUT2D eigenvalue weighted by atomic mass is 127. The van der Waals surface area contributed by atoms with E-state index in [9.17, 15) is 0 Å². The van der Waals surface area contributed by atoms with Crippen LogP contribution >= 0.6 is 24.0 Å². The van der Waals surface area contributed by atoms with Gasteiger partial charge in [0.25, 0.3) is 0 Å². The molecular weight excluding hydrogens is 519 g/mol. The summed E-state index contributed by atoms with van der Waals surface area (Å²) in [7, 11) is 5.21. The third-order valence-corrected chi connectivity index (χ3v) is 5.58. The fourth-order valence-electron chi connectivity index (χ4n) is 3.78. The standard InChI is InChI=1S/C24H34N4O3.HI/c1-25-24(27-18-23(30-3)20-7-5-4-6-8-20)26-17-22(28-13-15-31-16-14-28)19-9-11-21(29-2)12-10-19;/h4-12,22-23H,13-18H2,1-3H3,(H2,25,26,27);1H. The summed E-state index contributed by atoms with van der Waals surface area (Å²) >= 11 is 0. The lowest BCUT2D eigenvalue weighted by molar-refractivity contribution is 0.0169. The topological polar surface area (TPSA) is 67.4 Å². The van der Waals surface area contributed by atoms with Crippen LogP contribution in [0.25, 0.3) is 0 Å². The number of aliphatic imine (C=N–C) groups is 1. The first-order chi connectivity index (χ1) is 15.2. The van der Waals surface area contributed by atoms with Gasteiger partial charge in [0, 0.05) is 40.3 Å². The molecule has 0 aliphatic carbocycles. The molecule has 0 spiro atoms. The van der Waals surface area contributed by atoms with Gasteiger partial charge in [0.15, 0.2) is 5.96 Å². The van der Waals surface area contributed by atoms with E-state index in [1.54, 1.807) is 21.3 Å². The monoisotopic (exact) mass is 554 g/mol. The molecule has 2 aromatic rings. The Kier molecular flexibility index (Phi) is 11.8. The molecule has 1 fully saturated rings. The van der Waals surface area contributed by atoms with Gasteiger partial charge in [0.2, 0.25) is 0 Å². The van der Waals surface area contributed by atoms with Gasteiger partial charge >= 0.3 is 0 Å². The second-order valence-electron chi connectivity index (χ2n) is 7.41. The second kappa shape index (κ2) is 14.3. The molecule has 0 amide bonds. The SMILES string of the molecule is CN=C(NCC(OC)c1ccccc1)NCC(c1ccc(OC)cc1)N1CCOCC1.I. The van der Waals surface area contributed by atoms with Gasteiger partial charge in [-0.25, -0.2) is 0 Å². The summed E-state index contributed by atoms with van der Waals surface area (Å²) < 4.78 is 16.5. The maximum atomic E-state index is 5.66. The van der Waals surface area contributed by atoms with Crippen LogP contribution in [0.1, 0.15) is 23.3 Å². The lowest BCUT2D eigenvalue weighted by Gasteiger charge is -2.35. The summed E-state index contributed by atoms with van der Waals surface area (Å²) in [4.78, 5) is 6.85. The highest BCUT2D eigenvalue weighted by Crippen LogP contribution is 2.23. The zero-order chi connectivity index (χ0) is 21.9. The Bertz CT molecular complexity index is 799. The third-order valence-electron chi connectivity index (χ3n) is 5.58. The van der Waals surface area contributed by atoms with E-state index in [4.69, 9.17) is 14.2 Å². The summed E-state index contributed by atoms with van der Waals surface area (Å²) in [6, 6.07) is 18.7. The van der Waals surface area contributed by atoms with Gasteiger partial charge in [-0.3, -0.25) is 9.89 Å². The van der Waals surface area contributed by atoms with Crippen molar-refractivity contribution in [2.45, 2.75) is 12.1 Å². The number of guanidine groups is 1. The normalized spacial score (nSPS) is 16.5. The molecule has 1 saturated heterocycles. The zero-order valence-electron chi connectivity index (χ0n) is 19.1. The predicted molar refractivity (Wildman–Crippen MR) is 139 cm³/mol. The minimum absolute atomic E-state index is 0. The van der Waals surface area contributed by atoms with Gasteiger partial charge in [-0.1, -0.05) is 42.5 Å². The van der Waals surface area contributed by atoms with Crippen molar-refractivity contribution in [3.8, 4) is 5.75 Å². The van der Waals surface area contributed by atoms with Crippen LogP contribution in [0, 0.1) is 0 Å². The molecule has 8 heteroatoms. The number of nitrogens with zero attached hydrogens (tertiary/aromatic N) is 2. The molecule has 2 N–H and O–H groups in total. The lowest BCUT2D eigenvalue weighted by atomic mass is 10.0. The van der Waals surface area contributed by atoms with Crippen LogP contribution in [0.15, 0.2) is 59.6 Å². The van der Waals surface area contributed by atoms with Crippen LogP contribution in [0.3, 0.4) is 0 Å². The van der Waals surface area contributed by atoms with Crippen molar-refractivity contribution >= 4 is 29.9 Å². The van der Waals surface area contributed by atoms with Crippen LogP contribution in [0.4, 0.5) is 0 Å². The Balaban J connectivity index is 0.00000363. The first kappa shape index (κ1) is 26.4. The van der Waals surface area contributed by atoms with E-state index >= 15 is 0 Å². The summed E-state index contributed by atoms with van der Waals surface area (Å²) in [5.74, 6) is 1.62. The van der Waals surface area contributed by atoms with E-state index in [0.29, 0.717) is 6.54 Å². The van der Waals surface area contributed by atoms with Crippen molar-refractivity contribution in [3.63, 3.8) is 0 Å². The average molecular weight is 554 g/mol. The molecule has 1 aliphatic heterocycles. The summed E-state index contributed by atoms with van der Waals surface area (Å²) in [6.45, 7) is 4.69. The fourth-order valence-corrected chi connectivity index (χ4v) is 3.78. The third kappa shape index (κ3) is 7.61. The molecule has 176 valence electrons. The molecule has 0 radical (unpaired) electrons. The maximum absolute atomic E-state index is 5.66. The van der Waals surface area contributed by atoms with Crippen LogP contribution < -0.4 is 15.4 Å². The molecule has 1 heterocycles. The van der Waals surface area contributed by atoms with Crippen LogP contribution in [-0.4, -0.2) is 71.5 Å². The lowest BCUT2D eigenvalue weighted by Crippen LogP contribution is -2.46. The molecular formula is C24H35IN4O3. The maximum Gasteiger partial charge on any atom is 0.191 e. The van der Waals surface area contributed by atoms with Gasteiger partial charge in [0.05, 0.1) is 32.5 Å². The quantitative estimate of drug-likeness (QED) is 0.282. The molecule has 2 atom stereocenters. The van der Waals surface area contributed by atoms with E-state index < -0.39 is 0 Å². The first-order valence-electron chi connectivity index (χ1n) is 10.7. The number of methoxy groups -OCH3 is 2. The number of halogens is 1. The molecule has 7 nitrogen and oxygen atoms in total. The van der Waals surface area contributed by atoms with Crippen molar-refractivity contribution in [2.24, 2.45) is 4.99 Å².